The van der Waals surface area contributed by atoms with E-state index in [0.29, 0.717) is 11.1 Å². The summed E-state index contributed by atoms with van der Waals surface area (Å²) in [4.78, 5) is 65.4. The second-order valence-electron chi connectivity index (χ2n) is 7.79. The van der Waals surface area contributed by atoms with E-state index in [4.69, 9.17) is 4.74 Å². The van der Waals surface area contributed by atoms with Crippen molar-refractivity contribution in [2.24, 2.45) is 0 Å². The molecule has 1 aromatic rings. The number of carbonyl (C=O) groups is 5. The second kappa shape index (κ2) is 8.78. The zero-order valence-electron chi connectivity index (χ0n) is 18.3. The number of rotatable bonds is 7. The SMILES string of the molecule is C=C(CC(=O)OC)C[C@@H]1[C@@H](N2C(=O)c3ccccc3C2=O)C(=O)N1C(C(=O)OC)=C(C)C. The third-order valence-corrected chi connectivity index (χ3v) is 5.50. The first-order valence-electron chi connectivity index (χ1n) is 9.93. The van der Waals surface area contributed by atoms with Crippen molar-refractivity contribution >= 4 is 29.7 Å². The van der Waals surface area contributed by atoms with Crippen LogP contribution >= 0.6 is 0 Å². The van der Waals surface area contributed by atoms with Gasteiger partial charge in [0.25, 0.3) is 17.7 Å². The smallest absolute Gasteiger partial charge is 0.354 e. The molecule has 2 atom stereocenters. The maximum Gasteiger partial charge on any atom is 0.354 e. The van der Waals surface area contributed by atoms with Crippen molar-refractivity contribution < 1.29 is 33.4 Å². The lowest BCUT2D eigenvalue weighted by Gasteiger charge is -2.50. The number of nitrogens with zero attached hydrogens (tertiary/aromatic N) is 2. The predicted octanol–water partition coefficient (Wildman–Crippen LogP) is 1.84. The Morgan fingerprint density at radius 1 is 1.00 bits per heavy atom. The minimum Gasteiger partial charge on any atom is -0.469 e. The van der Waals surface area contributed by atoms with E-state index in [1.165, 1.54) is 31.3 Å². The van der Waals surface area contributed by atoms with E-state index in [-0.39, 0.29) is 29.7 Å². The second-order valence-corrected chi connectivity index (χ2v) is 7.79. The molecule has 0 saturated carbocycles. The molecule has 0 bridgehead atoms. The number of fused-ring (bicyclic) bond motifs is 1. The van der Waals surface area contributed by atoms with E-state index in [2.05, 4.69) is 11.3 Å². The first-order chi connectivity index (χ1) is 15.1. The molecule has 168 valence electrons. The van der Waals surface area contributed by atoms with Gasteiger partial charge in [-0.15, -0.1) is 0 Å². The van der Waals surface area contributed by atoms with Gasteiger partial charge < -0.3 is 9.47 Å². The maximum atomic E-state index is 13.2. The summed E-state index contributed by atoms with van der Waals surface area (Å²) < 4.78 is 9.50. The maximum absolute atomic E-state index is 13.2. The van der Waals surface area contributed by atoms with Crippen LogP contribution < -0.4 is 0 Å². The van der Waals surface area contributed by atoms with E-state index in [1.807, 2.05) is 0 Å². The van der Waals surface area contributed by atoms with Gasteiger partial charge in [-0.05, 0) is 38.0 Å². The van der Waals surface area contributed by atoms with Crippen LogP contribution in [0.3, 0.4) is 0 Å². The van der Waals surface area contributed by atoms with Crippen molar-refractivity contribution in [3.63, 3.8) is 0 Å². The Hall–Kier alpha value is -3.75. The molecule has 0 spiro atoms. The van der Waals surface area contributed by atoms with E-state index < -0.39 is 41.7 Å². The van der Waals surface area contributed by atoms with Gasteiger partial charge in [0.15, 0.2) is 0 Å². The van der Waals surface area contributed by atoms with Crippen LogP contribution in [-0.2, 0) is 23.9 Å². The summed E-state index contributed by atoms with van der Waals surface area (Å²) in [6.07, 6.45) is -0.0288. The van der Waals surface area contributed by atoms with Crippen LogP contribution in [0.5, 0.6) is 0 Å². The Labute approximate surface area is 185 Å². The molecule has 1 aromatic carbocycles. The lowest BCUT2D eigenvalue weighted by Crippen LogP contribution is -2.71. The van der Waals surface area contributed by atoms with Crippen LogP contribution in [0.15, 0.2) is 47.7 Å². The zero-order chi connectivity index (χ0) is 23.7. The Balaban J connectivity index is 1.99. The number of imide groups is 1. The highest BCUT2D eigenvalue weighted by molar-refractivity contribution is 6.23. The lowest BCUT2D eigenvalue weighted by molar-refractivity contribution is -0.157. The molecule has 2 aliphatic rings. The van der Waals surface area contributed by atoms with Crippen molar-refractivity contribution in [2.45, 2.75) is 38.8 Å². The van der Waals surface area contributed by atoms with Gasteiger partial charge in [-0.2, -0.15) is 0 Å². The van der Waals surface area contributed by atoms with Crippen molar-refractivity contribution in [2.75, 3.05) is 14.2 Å². The topological polar surface area (TPSA) is 110 Å². The number of benzene rings is 1. The van der Waals surface area contributed by atoms with Crippen LogP contribution in [-0.4, -0.2) is 65.8 Å². The van der Waals surface area contributed by atoms with Gasteiger partial charge in [-0.1, -0.05) is 24.3 Å². The highest BCUT2D eigenvalue weighted by Crippen LogP contribution is 2.38. The predicted molar refractivity (Wildman–Crippen MR) is 112 cm³/mol. The molecule has 0 unspecified atom stereocenters. The van der Waals surface area contributed by atoms with Crippen LogP contribution in [0.2, 0.25) is 0 Å². The number of likely N-dealkylation sites (tertiary alicyclic amines) is 1. The average molecular weight is 440 g/mol. The van der Waals surface area contributed by atoms with Crippen molar-refractivity contribution in [1.82, 2.24) is 9.80 Å². The molecule has 2 aliphatic heterocycles. The fraction of sp³-hybridized carbons (Fsp3) is 0.348. The van der Waals surface area contributed by atoms with Gasteiger partial charge in [-0.3, -0.25) is 29.0 Å². The van der Waals surface area contributed by atoms with Gasteiger partial charge >= 0.3 is 11.9 Å². The Bertz CT molecular complexity index is 1030. The first kappa shape index (κ1) is 22.9. The zero-order valence-corrected chi connectivity index (χ0v) is 18.3. The number of allylic oxidation sites excluding steroid dienone is 1. The first-order valence-corrected chi connectivity index (χ1v) is 9.93. The Morgan fingerprint density at radius 3 is 2.03 bits per heavy atom. The van der Waals surface area contributed by atoms with E-state index >= 15 is 0 Å². The molecule has 9 heteroatoms. The molecule has 1 saturated heterocycles. The number of esters is 2. The molecule has 3 amide bonds. The summed E-state index contributed by atoms with van der Waals surface area (Å²) in [7, 11) is 2.44. The summed E-state index contributed by atoms with van der Waals surface area (Å²) in [5, 5.41) is 0. The molecule has 2 heterocycles. The van der Waals surface area contributed by atoms with Crippen molar-refractivity contribution in [3.8, 4) is 0 Å². The fourth-order valence-corrected chi connectivity index (χ4v) is 4.04. The molecular formula is C23H24N2O7. The largest absolute Gasteiger partial charge is 0.469 e. The van der Waals surface area contributed by atoms with Gasteiger partial charge in [0.05, 0.1) is 37.8 Å². The van der Waals surface area contributed by atoms with Crippen LogP contribution in [0.25, 0.3) is 0 Å². The van der Waals surface area contributed by atoms with Gasteiger partial charge in [0.2, 0.25) is 0 Å². The molecule has 1 fully saturated rings. The normalized spacial score (nSPS) is 19.3. The van der Waals surface area contributed by atoms with Crippen LogP contribution in [0.4, 0.5) is 0 Å². The number of hydrogen-bond acceptors (Lipinski definition) is 7. The Morgan fingerprint density at radius 2 is 1.56 bits per heavy atom. The minimum absolute atomic E-state index is 0.0289. The number of carbonyl (C=O) groups excluding carboxylic acids is 5. The van der Waals surface area contributed by atoms with Gasteiger partial charge in [0.1, 0.15) is 11.7 Å². The van der Waals surface area contributed by atoms with Crippen LogP contribution in [0.1, 0.15) is 47.4 Å². The number of methoxy groups -OCH3 is 2. The van der Waals surface area contributed by atoms with E-state index in [9.17, 15) is 24.0 Å². The van der Waals surface area contributed by atoms with Crippen molar-refractivity contribution in [3.05, 3.63) is 58.8 Å². The van der Waals surface area contributed by atoms with Crippen LogP contribution in [0, 0.1) is 0 Å². The lowest BCUT2D eigenvalue weighted by atomic mass is 9.86. The van der Waals surface area contributed by atoms with E-state index in [0.717, 1.165) is 4.90 Å². The quantitative estimate of drug-likeness (QED) is 0.209. The minimum atomic E-state index is -1.14. The highest BCUT2D eigenvalue weighted by atomic mass is 16.5. The third-order valence-electron chi connectivity index (χ3n) is 5.50. The molecule has 32 heavy (non-hydrogen) atoms. The monoisotopic (exact) mass is 440 g/mol. The molecular weight excluding hydrogens is 416 g/mol. The van der Waals surface area contributed by atoms with E-state index in [1.54, 1.807) is 26.0 Å². The summed E-state index contributed by atoms with van der Waals surface area (Å²) in [6, 6.07) is 4.39. The number of amides is 3. The summed E-state index contributed by atoms with van der Waals surface area (Å²) in [6.45, 7) is 7.17. The summed E-state index contributed by atoms with van der Waals surface area (Å²) in [5.41, 5.74) is 1.41. The summed E-state index contributed by atoms with van der Waals surface area (Å²) >= 11 is 0. The van der Waals surface area contributed by atoms with Gasteiger partial charge in [-0.25, -0.2) is 4.79 Å². The number of β-lactam (4-membered cyclic amide) rings is 1. The third kappa shape index (κ3) is 3.70. The standard InChI is InChI=1S/C23H24N2O7/c1-12(2)18(23(30)32-5)24-16(10-13(3)11-17(26)31-4)19(22(24)29)25-20(27)14-8-6-7-9-15(14)21(25)28/h6-9,16,19H,3,10-11H2,1-2,4-5H3/t16-,19-/m1/s1. The summed E-state index contributed by atoms with van der Waals surface area (Å²) in [5.74, 6) is -2.98. The Kier molecular flexibility index (Phi) is 6.29. The van der Waals surface area contributed by atoms with Gasteiger partial charge in [0, 0.05) is 0 Å². The average Bonchev–Trinajstić information content (AvgIpc) is 3.01. The number of ether oxygens (including phenoxy) is 2. The molecule has 0 N–H and O–H groups in total. The molecule has 0 radical (unpaired) electrons. The fourth-order valence-electron chi connectivity index (χ4n) is 4.04. The highest BCUT2D eigenvalue weighted by Gasteiger charge is 2.58. The molecule has 0 aliphatic carbocycles. The number of hydrogen-bond donors (Lipinski definition) is 0. The molecule has 9 nitrogen and oxygen atoms in total. The molecule has 0 aromatic heterocycles. The molecule has 3 rings (SSSR count). The van der Waals surface area contributed by atoms with Crippen molar-refractivity contribution in [1.29, 1.82) is 0 Å².